The minimum atomic E-state index is -1.37. The molecule has 4 bridgehead atoms. The van der Waals surface area contributed by atoms with Crippen molar-refractivity contribution in [1.29, 1.82) is 0 Å². The lowest BCUT2D eigenvalue weighted by molar-refractivity contribution is -0.297. The van der Waals surface area contributed by atoms with E-state index in [9.17, 15) is 29.4 Å². The molecule has 8 unspecified atom stereocenters. The van der Waals surface area contributed by atoms with Gasteiger partial charge in [0, 0.05) is 19.3 Å². The number of ether oxygens (including phenoxy) is 8. The summed E-state index contributed by atoms with van der Waals surface area (Å²) >= 11 is 0. The van der Waals surface area contributed by atoms with Crippen molar-refractivity contribution in [2.24, 2.45) is 0 Å². The van der Waals surface area contributed by atoms with Crippen LogP contribution in [0.4, 0.5) is 0 Å². The van der Waals surface area contributed by atoms with E-state index in [0.717, 1.165) is 0 Å². The summed E-state index contributed by atoms with van der Waals surface area (Å²) in [7, 11) is 0. The first-order valence-corrected chi connectivity index (χ1v) is 14.0. The van der Waals surface area contributed by atoms with Crippen LogP contribution in [0.15, 0.2) is 0 Å². The van der Waals surface area contributed by atoms with Crippen molar-refractivity contribution in [3.8, 4) is 0 Å². The van der Waals surface area contributed by atoms with Crippen LogP contribution in [0, 0.1) is 0 Å². The van der Waals surface area contributed by atoms with E-state index >= 15 is 0 Å². The zero-order valence-corrected chi connectivity index (χ0v) is 24.3. The molecular formula is C27H42O14. The Morgan fingerprint density at radius 3 is 1.20 bits per heavy atom. The summed E-state index contributed by atoms with van der Waals surface area (Å²) in [6, 6.07) is 0. The Kier molecular flexibility index (Phi) is 11.9. The second kappa shape index (κ2) is 14.7. The molecule has 2 N–H and O–H groups in total. The Morgan fingerprint density at radius 2 is 0.854 bits per heavy atom. The van der Waals surface area contributed by atoms with Gasteiger partial charge in [-0.05, 0) is 54.4 Å². The molecule has 0 aromatic heterocycles. The lowest BCUT2D eigenvalue weighted by Crippen LogP contribution is -2.48. The highest BCUT2D eigenvalue weighted by molar-refractivity contribution is 5.81. The average molecular weight is 591 g/mol. The molecule has 0 aromatic rings. The maximum absolute atomic E-state index is 12.5. The van der Waals surface area contributed by atoms with Gasteiger partial charge >= 0.3 is 23.9 Å². The Labute approximate surface area is 238 Å². The van der Waals surface area contributed by atoms with E-state index in [0.29, 0.717) is 32.1 Å². The van der Waals surface area contributed by atoms with Crippen LogP contribution >= 0.6 is 0 Å². The Hall–Kier alpha value is -2.36. The van der Waals surface area contributed by atoms with E-state index in [4.69, 9.17) is 37.9 Å². The number of hydrogen-bond acceptors (Lipinski definition) is 14. The minimum Gasteiger partial charge on any atom is -0.455 e. The van der Waals surface area contributed by atoms with Crippen LogP contribution in [0.1, 0.15) is 73.6 Å². The highest BCUT2D eigenvalue weighted by atomic mass is 16.7. The third-order valence-electron chi connectivity index (χ3n) is 7.00. The van der Waals surface area contributed by atoms with E-state index < -0.39 is 73.1 Å². The molecule has 1 aliphatic carbocycles. The first kappa shape index (κ1) is 33.1. The van der Waals surface area contributed by atoms with E-state index in [-0.39, 0.29) is 24.4 Å². The topological polar surface area (TPSA) is 183 Å². The largest absolute Gasteiger partial charge is 0.455 e. The maximum Gasteiger partial charge on any atom is 0.347 e. The lowest BCUT2D eigenvalue weighted by Gasteiger charge is -2.40. The fourth-order valence-corrected chi connectivity index (χ4v) is 4.73. The summed E-state index contributed by atoms with van der Waals surface area (Å²) in [6.07, 6.45) is -6.75. The third kappa shape index (κ3) is 9.58. The standard InChI is InChI=1S/C27H42O14/c1-12(28)22(30)34-14(3)24(32)36-16(5)26-38-18-7-8-19(39-26)10-21-11-20(9-18)40-27(41-21)17(6)37-25(33)15(4)35-23(31)13(2)29/h12-21,26-29H,7-11H2,1-6H3/t12?,13?,14?,15?,16?,17?,18-,19+,20-,21+,26?,27?. The van der Waals surface area contributed by atoms with Gasteiger partial charge in [-0.15, -0.1) is 0 Å². The van der Waals surface area contributed by atoms with Gasteiger partial charge in [-0.2, -0.15) is 0 Å². The lowest BCUT2D eigenvalue weighted by atomic mass is 10.0. The third-order valence-corrected chi connectivity index (χ3v) is 7.00. The van der Waals surface area contributed by atoms with Gasteiger partial charge in [-0.3, -0.25) is 0 Å². The number of aliphatic hydroxyl groups is 2. The highest BCUT2D eigenvalue weighted by Gasteiger charge is 2.42. The number of hydrogen-bond donors (Lipinski definition) is 2. The SMILES string of the molecule is CC(O)C(=O)OC(C)C(=O)OC(C)C1O[C@@H]2C[C@@H](C[C@H]3CC[C@@H](C2)OC(C(C)OC(=O)C(C)OC(=O)C(C)O)O3)O1. The van der Waals surface area contributed by atoms with Crippen LogP contribution in [0.25, 0.3) is 0 Å². The molecule has 3 aliphatic rings. The van der Waals surface area contributed by atoms with Crippen LogP contribution in [0.5, 0.6) is 0 Å². The van der Waals surface area contributed by atoms with Gasteiger partial charge in [-0.25, -0.2) is 19.2 Å². The summed E-state index contributed by atoms with van der Waals surface area (Å²) in [4.78, 5) is 48.1. The fraction of sp³-hybridized carbons (Fsp3) is 0.852. The summed E-state index contributed by atoms with van der Waals surface area (Å²) in [5.74, 6) is -3.47. The number of aliphatic hydroxyl groups excluding tert-OH is 2. The summed E-state index contributed by atoms with van der Waals surface area (Å²) in [6.45, 7) is 8.40. The van der Waals surface area contributed by atoms with Crippen molar-refractivity contribution in [3.05, 3.63) is 0 Å². The molecular weight excluding hydrogens is 548 g/mol. The predicted molar refractivity (Wildman–Crippen MR) is 136 cm³/mol. The second-order valence-electron chi connectivity index (χ2n) is 10.8. The van der Waals surface area contributed by atoms with Gasteiger partial charge in [0.2, 0.25) is 0 Å². The molecule has 3 fully saturated rings. The molecule has 2 saturated heterocycles. The Morgan fingerprint density at radius 1 is 0.537 bits per heavy atom. The van der Waals surface area contributed by atoms with E-state index in [1.165, 1.54) is 27.7 Å². The van der Waals surface area contributed by atoms with E-state index in [1.54, 1.807) is 13.8 Å². The van der Waals surface area contributed by atoms with Crippen molar-refractivity contribution < 1.29 is 67.3 Å². The van der Waals surface area contributed by atoms with Crippen LogP contribution in [0.2, 0.25) is 0 Å². The first-order valence-electron chi connectivity index (χ1n) is 14.0. The second-order valence-corrected chi connectivity index (χ2v) is 10.8. The monoisotopic (exact) mass is 590 g/mol. The molecule has 12 atom stereocenters. The molecule has 0 spiro atoms. The van der Waals surface area contributed by atoms with Gasteiger partial charge in [0.25, 0.3) is 0 Å². The molecule has 0 amide bonds. The van der Waals surface area contributed by atoms with Gasteiger partial charge in [0.05, 0.1) is 24.4 Å². The summed E-state index contributed by atoms with van der Waals surface area (Å²) < 4.78 is 45.3. The normalized spacial score (nSPS) is 32.3. The summed E-state index contributed by atoms with van der Waals surface area (Å²) in [5.41, 5.74) is 0. The van der Waals surface area contributed by atoms with Crippen LogP contribution in [0.3, 0.4) is 0 Å². The van der Waals surface area contributed by atoms with E-state index in [2.05, 4.69) is 0 Å². The smallest absolute Gasteiger partial charge is 0.347 e. The van der Waals surface area contributed by atoms with Crippen molar-refractivity contribution in [2.75, 3.05) is 0 Å². The number of carbonyl (C=O) groups excluding carboxylic acids is 4. The molecule has 2 aliphatic heterocycles. The molecule has 1 saturated carbocycles. The Bertz CT molecular complexity index is 898. The fourth-order valence-electron chi connectivity index (χ4n) is 4.73. The molecule has 0 radical (unpaired) electrons. The summed E-state index contributed by atoms with van der Waals surface area (Å²) in [5, 5.41) is 18.6. The van der Waals surface area contributed by atoms with E-state index in [1.807, 2.05) is 0 Å². The van der Waals surface area contributed by atoms with Gasteiger partial charge in [0.15, 0.2) is 24.8 Å². The van der Waals surface area contributed by atoms with Crippen molar-refractivity contribution >= 4 is 23.9 Å². The van der Waals surface area contributed by atoms with Crippen molar-refractivity contribution in [2.45, 2.75) is 147 Å². The van der Waals surface area contributed by atoms with Gasteiger partial charge in [0.1, 0.15) is 24.4 Å². The molecule has 0 aromatic carbocycles. The van der Waals surface area contributed by atoms with Crippen LogP contribution in [-0.2, 0) is 57.1 Å². The molecule has 41 heavy (non-hydrogen) atoms. The molecule has 2 heterocycles. The van der Waals surface area contributed by atoms with Crippen LogP contribution in [-0.4, -0.2) is 108 Å². The number of rotatable bonds is 10. The highest BCUT2D eigenvalue weighted by Crippen LogP contribution is 2.35. The maximum atomic E-state index is 12.5. The number of carbonyl (C=O) groups is 4. The first-order chi connectivity index (χ1) is 19.2. The quantitative estimate of drug-likeness (QED) is 0.267. The Balaban J connectivity index is 1.58. The van der Waals surface area contributed by atoms with Crippen molar-refractivity contribution in [1.82, 2.24) is 0 Å². The average Bonchev–Trinajstić information content (AvgIpc) is 3.07. The van der Waals surface area contributed by atoms with Gasteiger partial charge in [-0.1, -0.05) is 0 Å². The zero-order valence-electron chi connectivity index (χ0n) is 24.3. The van der Waals surface area contributed by atoms with Crippen LogP contribution < -0.4 is 0 Å². The minimum absolute atomic E-state index is 0.273. The molecule has 3 rings (SSSR count). The molecule has 234 valence electrons. The number of esters is 4. The predicted octanol–water partition coefficient (Wildman–Crippen LogP) is 0.659. The van der Waals surface area contributed by atoms with Crippen molar-refractivity contribution in [3.63, 3.8) is 0 Å². The zero-order chi connectivity index (χ0) is 30.4. The number of fused-ring (bicyclic) bond motifs is 5. The molecule has 14 nitrogen and oxygen atoms in total. The van der Waals surface area contributed by atoms with Gasteiger partial charge < -0.3 is 48.1 Å². The molecule has 14 heteroatoms.